The Labute approximate surface area is 128 Å². The average molecular weight is 340 g/mol. The first-order chi connectivity index (χ1) is 9.57. The fourth-order valence-corrected chi connectivity index (χ4v) is 3.46. The molecule has 110 valence electrons. The molecule has 0 unspecified atom stereocenters. The highest BCUT2D eigenvalue weighted by atomic mass is 79.9. The van der Waals surface area contributed by atoms with Crippen molar-refractivity contribution in [1.29, 1.82) is 0 Å². The summed E-state index contributed by atoms with van der Waals surface area (Å²) in [5.41, 5.74) is 0.0533. The number of halogens is 1. The van der Waals surface area contributed by atoms with E-state index >= 15 is 0 Å². The zero-order valence-corrected chi connectivity index (χ0v) is 13.4. The van der Waals surface area contributed by atoms with Crippen molar-refractivity contribution in [3.05, 3.63) is 28.7 Å². The van der Waals surface area contributed by atoms with Crippen LogP contribution in [0.5, 0.6) is 0 Å². The van der Waals surface area contributed by atoms with Crippen LogP contribution in [0.25, 0.3) is 0 Å². The molecule has 0 amide bonds. The molecule has 0 atom stereocenters. The molecule has 1 aliphatic rings. The number of benzene rings is 1. The van der Waals surface area contributed by atoms with E-state index in [1.54, 1.807) is 0 Å². The highest BCUT2D eigenvalue weighted by Crippen LogP contribution is 2.38. The number of carbonyl (C=O) groups is 1. The van der Waals surface area contributed by atoms with Gasteiger partial charge in [-0.2, -0.15) is 0 Å². The third-order valence-corrected chi connectivity index (χ3v) is 5.00. The van der Waals surface area contributed by atoms with Crippen LogP contribution in [0.15, 0.2) is 28.7 Å². The van der Waals surface area contributed by atoms with E-state index in [9.17, 15) is 9.90 Å². The largest absolute Gasteiger partial charge is 0.480 e. The van der Waals surface area contributed by atoms with Gasteiger partial charge in [0, 0.05) is 10.2 Å². The van der Waals surface area contributed by atoms with Crippen molar-refractivity contribution in [3.63, 3.8) is 0 Å². The maximum Gasteiger partial charge on any atom is 0.329 e. The molecule has 1 aromatic rings. The molecule has 0 saturated heterocycles. The van der Waals surface area contributed by atoms with E-state index in [0.717, 1.165) is 23.0 Å². The molecule has 0 heterocycles. The number of nitrogens with one attached hydrogen (secondary N) is 1. The number of anilines is 1. The van der Waals surface area contributed by atoms with Gasteiger partial charge in [-0.05, 0) is 59.7 Å². The van der Waals surface area contributed by atoms with Crippen molar-refractivity contribution in [2.24, 2.45) is 5.92 Å². The second kappa shape index (κ2) is 6.61. The molecule has 3 nitrogen and oxygen atoms in total. The minimum absolute atomic E-state index is 0.688. The van der Waals surface area contributed by atoms with E-state index < -0.39 is 11.5 Å². The molecule has 4 heteroatoms. The molecule has 2 rings (SSSR count). The Morgan fingerprint density at radius 1 is 1.40 bits per heavy atom. The van der Waals surface area contributed by atoms with Crippen molar-refractivity contribution in [2.45, 2.75) is 51.0 Å². The minimum atomic E-state index is -0.811. The summed E-state index contributed by atoms with van der Waals surface area (Å²) < 4.78 is 0.913. The second-order valence-corrected chi connectivity index (χ2v) is 6.58. The van der Waals surface area contributed by atoms with Gasteiger partial charge in [-0.3, -0.25) is 0 Å². The standard InChI is InChI=1S/C16H22BrNO2/c1-2-5-12-8-10-16(11-9-12,15(19)20)18-14-7-4-3-6-13(14)17/h3-4,6-7,12,18H,2,5,8-11H2,1H3,(H,19,20). The molecule has 0 radical (unpaired) electrons. The number of carboxylic acids is 1. The van der Waals surface area contributed by atoms with Crippen molar-refractivity contribution in [1.82, 2.24) is 0 Å². The molecule has 20 heavy (non-hydrogen) atoms. The predicted octanol–water partition coefficient (Wildman–Crippen LogP) is 4.67. The molecule has 1 aromatic carbocycles. The van der Waals surface area contributed by atoms with Crippen LogP contribution >= 0.6 is 15.9 Å². The van der Waals surface area contributed by atoms with Gasteiger partial charge in [-0.25, -0.2) is 4.79 Å². The summed E-state index contributed by atoms with van der Waals surface area (Å²) >= 11 is 3.48. The summed E-state index contributed by atoms with van der Waals surface area (Å²) in [6.07, 6.45) is 5.80. The summed E-state index contributed by atoms with van der Waals surface area (Å²) in [7, 11) is 0. The highest BCUT2D eigenvalue weighted by Gasteiger charge is 2.42. The van der Waals surface area contributed by atoms with Gasteiger partial charge in [-0.15, -0.1) is 0 Å². The molecule has 1 aliphatic carbocycles. The number of para-hydroxylation sites is 1. The van der Waals surface area contributed by atoms with Crippen LogP contribution in [0.3, 0.4) is 0 Å². The maximum atomic E-state index is 11.8. The van der Waals surface area contributed by atoms with Gasteiger partial charge in [0.15, 0.2) is 0 Å². The lowest BCUT2D eigenvalue weighted by molar-refractivity contribution is -0.143. The third kappa shape index (κ3) is 3.35. The molecule has 0 aromatic heterocycles. The lowest BCUT2D eigenvalue weighted by atomic mass is 9.75. The Kier molecular flexibility index (Phi) is 5.08. The van der Waals surface area contributed by atoms with E-state index in [1.807, 2.05) is 24.3 Å². The Morgan fingerprint density at radius 2 is 2.05 bits per heavy atom. The highest BCUT2D eigenvalue weighted by molar-refractivity contribution is 9.10. The lowest BCUT2D eigenvalue weighted by Crippen LogP contribution is -2.49. The molecular weight excluding hydrogens is 318 g/mol. The minimum Gasteiger partial charge on any atom is -0.480 e. The number of aliphatic carboxylic acids is 1. The zero-order valence-electron chi connectivity index (χ0n) is 11.9. The van der Waals surface area contributed by atoms with E-state index in [0.29, 0.717) is 18.8 Å². The Morgan fingerprint density at radius 3 is 2.60 bits per heavy atom. The topological polar surface area (TPSA) is 49.3 Å². The van der Waals surface area contributed by atoms with Gasteiger partial charge in [0.25, 0.3) is 0 Å². The van der Waals surface area contributed by atoms with E-state index in [2.05, 4.69) is 28.2 Å². The van der Waals surface area contributed by atoms with Crippen LogP contribution in [-0.4, -0.2) is 16.6 Å². The summed E-state index contributed by atoms with van der Waals surface area (Å²) in [4.78, 5) is 11.8. The normalized spacial score (nSPS) is 26.2. The zero-order chi connectivity index (χ0) is 14.6. The first-order valence-electron chi connectivity index (χ1n) is 7.33. The number of hydrogen-bond donors (Lipinski definition) is 2. The predicted molar refractivity (Wildman–Crippen MR) is 85.0 cm³/mol. The maximum absolute atomic E-state index is 11.8. The summed E-state index contributed by atoms with van der Waals surface area (Å²) in [6.45, 7) is 2.19. The fourth-order valence-electron chi connectivity index (χ4n) is 3.08. The fraction of sp³-hybridized carbons (Fsp3) is 0.562. The summed E-state index contributed by atoms with van der Waals surface area (Å²) in [5.74, 6) is -0.0447. The van der Waals surface area contributed by atoms with Crippen LogP contribution in [-0.2, 0) is 4.79 Å². The second-order valence-electron chi connectivity index (χ2n) is 5.72. The van der Waals surface area contributed by atoms with Gasteiger partial charge >= 0.3 is 5.97 Å². The van der Waals surface area contributed by atoms with Crippen LogP contribution in [0.1, 0.15) is 45.4 Å². The third-order valence-electron chi connectivity index (χ3n) is 4.31. The number of hydrogen-bond acceptors (Lipinski definition) is 2. The molecule has 1 saturated carbocycles. The van der Waals surface area contributed by atoms with E-state index in [1.165, 1.54) is 12.8 Å². The molecule has 0 spiro atoms. The summed E-state index contributed by atoms with van der Waals surface area (Å²) in [6, 6.07) is 7.71. The first-order valence-corrected chi connectivity index (χ1v) is 8.13. The Bertz CT molecular complexity index is 467. The van der Waals surface area contributed by atoms with Crippen molar-refractivity contribution in [2.75, 3.05) is 5.32 Å². The lowest BCUT2D eigenvalue weighted by Gasteiger charge is -2.38. The van der Waals surface area contributed by atoms with Gasteiger partial charge < -0.3 is 10.4 Å². The van der Waals surface area contributed by atoms with E-state index in [4.69, 9.17) is 0 Å². The molecule has 0 bridgehead atoms. The quantitative estimate of drug-likeness (QED) is 0.819. The van der Waals surface area contributed by atoms with Gasteiger partial charge in [0.2, 0.25) is 0 Å². The average Bonchev–Trinajstić information content (AvgIpc) is 2.44. The van der Waals surface area contributed by atoms with Crippen LogP contribution in [0.4, 0.5) is 5.69 Å². The van der Waals surface area contributed by atoms with Crippen LogP contribution in [0.2, 0.25) is 0 Å². The van der Waals surface area contributed by atoms with Crippen molar-refractivity contribution in [3.8, 4) is 0 Å². The number of rotatable bonds is 5. The Hall–Kier alpha value is -1.03. The molecule has 0 aliphatic heterocycles. The first kappa shape index (κ1) is 15.4. The molecular formula is C16H22BrNO2. The van der Waals surface area contributed by atoms with E-state index in [-0.39, 0.29) is 0 Å². The summed E-state index contributed by atoms with van der Waals surface area (Å²) in [5, 5.41) is 13.0. The number of carboxylic acid groups (broad SMARTS) is 1. The van der Waals surface area contributed by atoms with Gasteiger partial charge in [0.05, 0.1) is 0 Å². The molecule has 2 N–H and O–H groups in total. The van der Waals surface area contributed by atoms with Gasteiger partial charge in [-0.1, -0.05) is 31.9 Å². The van der Waals surface area contributed by atoms with Crippen molar-refractivity contribution < 1.29 is 9.90 Å². The van der Waals surface area contributed by atoms with Gasteiger partial charge in [0.1, 0.15) is 5.54 Å². The molecule has 1 fully saturated rings. The van der Waals surface area contributed by atoms with Crippen molar-refractivity contribution >= 4 is 27.6 Å². The monoisotopic (exact) mass is 339 g/mol. The van der Waals surface area contributed by atoms with Crippen LogP contribution in [0, 0.1) is 5.92 Å². The van der Waals surface area contributed by atoms with Crippen LogP contribution < -0.4 is 5.32 Å². The SMILES string of the molecule is CCCC1CCC(Nc2ccccc2Br)(C(=O)O)CC1. The Balaban J connectivity index is 2.12. The smallest absolute Gasteiger partial charge is 0.329 e.